The standard InChI is InChI=1S/C17H33Si.Sn.3H/c1-6-9-12-17(13-10-7-2,14-11-8-3)15-16-18(4)5;;;;/h6-14H2,1-5H3;;;;. The van der Waals surface area contributed by atoms with Gasteiger partial charge in [0.25, 0.3) is 0 Å². The van der Waals surface area contributed by atoms with Gasteiger partial charge < -0.3 is 0 Å². The fourth-order valence-corrected chi connectivity index (χ4v) is 4.14. The van der Waals surface area contributed by atoms with Gasteiger partial charge in [0.2, 0.25) is 0 Å². The maximum atomic E-state index is 3.84. The molecule has 19 heavy (non-hydrogen) atoms. The molecular formula is C17H36SiSn. The number of hydrogen-bond donors (Lipinski definition) is 0. The topological polar surface area (TPSA) is 0 Å². The monoisotopic (exact) mass is 388 g/mol. The van der Waals surface area contributed by atoms with Crippen LogP contribution in [-0.2, 0) is 0 Å². The van der Waals surface area contributed by atoms with E-state index in [0.717, 1.165) is 21.7 Å². The van der Waals surface area contributed by atoms with Gasteiger partial charge in [-0.15, -0.1) is 0 Å². The Morgan fingerprint density at radius 2 is 1.21 bits per heavy atom. The van der Waals surface area contributed by atoms with Gasteiger partial charge in [0, 0.05) is 0 Å². The van der Waals surface area contributed by atoms with Crippen LogP contribution in [0.2, 0.25) is 13.1 Å². The Bertz CT molecular complexity index is 258. The molecule has 0 atom stereocenters. The summed E-state index contributed by atoms with van der Waals surface area (Å²) in [5.74, 6) is 3.84. The first-order valence-corrected chi connectivity index (χ1v) is 20.5. The van der Waals surface area contributed by atoms with Crippen LogP contribution in [-0.4, -0.2) is 27.3 Å². The van der Waals surface area contributed by atoms with Crippen LogP contribution in [0.5, 0.6) is 0 Å². The molecule has 0 amide bonds. The zero-order chi connectivity index (χ0) is 14.8. The van der Waals surface area contributed by atoms with E-state index in [0.29, 0.717) is 5.41 Å². The Hall–Kier alpha value is 0.576. The zero-order valence-electron chi connectivity index (χ0n) is 14.4. The van der Waals surface area contributed by atoms with Crippen molar-refractivity contribution < 1.29 is 0 Å². The Morgan fingerprint density at radius 3 is 1.47 bits per heavy atom. The van der Waals surface area contributed by atoms with Crippen LogP contribution in [0.4, 0.5) is 0 Å². The second kappa shape index (κ2) is 10.3. The molecule has 0 bridgehead atoms. The molecule has 0 unspecified atom stereocenters. The van der Waals surface area contributed by atoms with Gasteiger partial charge >= 0.3 is 136 Å². The van der Waals surface area contributed by atoms with Crippen LogP contribution in [0.3, 0.4) is 0 Å². The molecule has 0 aromatic carbocycles. The van der Waals surface area contributed by atoms with Crippen molar-refractivity contribution in [1.82, 2.24) is 0 Å². The van der Waals surface area contributed by atoms with E-state index in [4.69, 9.17) is 0 Å². The van der Waals surface area contributed by atoms with Crippen molar-refractivity contribution in [1.29, 1.82) is 0 Å². The first-order valence-electron chi connectivity index (χ1n) is 8.43. The van der Waals surface area contributed by atoms with E-state index in [1.54, 1.807) is 0 Å². The fraction of sp³-hybridized carbons (Fsp3) is 0.882. The third-order valence-corrected chi connectivity index (χ3v) is 6.74. The van der Waals surface area contributed by atoms with Crippen LogP contribution in [0.25, 0.3) is 0 Å². The van der Waals surface area contributed by atoms with Crippen LogP contribution in [0.15, 0.2) is 0 Å². The van der Waals surface area contributed by atoms with Gasteiger partial charge in [-0.3, -0.25) is 0 Å². The normalized spacial score (nSPS) is 12.3. The van der Waals surface area contributed by atoms with Crippen molar-refractivity contribution >= 4 is 27.3 Å². The first-order chi connectivity index (χ1) is 8.89. The van der Waals surface area contributed by atoms with Crippen molar-refractivity contribution in [3.05, 3.63) is 0 Å². The Balaban J connectivity index is 5.00. The summed E-state index contributed by atoms with van der Waals surface area (Å²) in [6, 6.07) is 0. The van der Waals surface area contributed by atoms with Crippen molar-refractivity contribution in [3.63, 3.8) is 0 Å². The van der Waals surface area contributed by atoms with Crippen LogP contribution in [0, 0.1) is 16.9 Å². The Morgan fingerprint density at radius 1 is 0.842 bits per heavy atom. The first kappa shape index (κ1) is 19.6. The van der Waals surface area contributed by atoms with Gasteiger partial charge in [-0.05, 0) is 0 Å². The minimum atomic E-state index is -1.04. The molecule has 2 heteroatoms. The summed E-state index contributed by atoms with van der Waals surface area (Å²) in [6.07, 6.45) is 12.0. The van der Waals surface area contributed by atoms with E-state index >= 15 is 0 Å². The molecule has 0 aliphatic heterocycles. The van der Waals surface area contributed by atoms with Crippen molar-refractivity contribution in [2.24, 2.45) is 5.41 Å². The third-order valence-electron chi connectivity index (χ3n) is 3.73. The predicted molar refractivity (Wildman–Crippen MR) is 96.2 cm³/mol. The van der Waals surface area contributed by atoms with Crippen LogP contribution >= 0.6 is 0 Å². The molecule has 0 aliphatic carbocycles. The number of unbranched alkanes of at least 4 members (excludes halogenated alkanes) is 3. The molecule has 0 fully saturated rings. The number of rotatable bonds is 9. The van der Waals surface area contributed by atoms with E-state index in [1.807, 2.05) is 0 Å². The Kier molecular flexibility index (Phi) is 10.6. The molecule has 0 saturated carbocycles. The second-order valence-electron chi connectivity index (χ2n) is 7.09. The molecule has 0 aliphatic rings. The van der Waals surface area contributed by atoms with Crippen molar-refractivity contribution in [2.75, 3.05) is 0 Å². The summed E-state index contributed by atoms with van der Waals surface area (Å²) in [6.45, 7) is 11.9. The van der Waals surface area contributed by atoms with Gasteiger partial charge in [-0.2, -0.15) is 0 Å². The molecule has 0 rings (SSSR count). The van der Waals surface area contributed by atoms with E-state index in [-0.39, 0.29) is 0 Å². The fourth-order valence-electron chi connectivity index (χ4n) is 2.43. The molecular weight excluding hydrogens is 351 g/mol. The second-order valence-corrected chi connectivity index (χ2v) is 33.2. The van der Waals surface area contributed by atoms with E-state index < -0.39 is 5.58 Å². The summed E-state index contributed by atoms with van der Waals surface area (Å²) < 4.78 is 0. The maximum absolute atomic E-state index is 3.84. The van der Waals surface area contributed by atoms with Gasteiger partial charge in [0.1, 0.15) is 0 Å². The third kappa shape index (κ3) is 10.0. The van der Waals surface area contributed by atoms with Crippen LogP contribution in [0.1, 0.15) is 78.6 Å². The molecule has 112 valence electrons. The summed E-state index contributed by atoms with van der Waals surface area (Å²) in [5, 5.41) is 0. The van der Waals surface area contributed by atoms with Crippen molar-refractivity contribution in [2.45, 2.75) is 91.7 Å². The zero-order valence-corrected chi connectivity index (χ0v) is 21.1. The molecule has 0 nitrogen and oxygen atoms in total. The molecule has 0 radical (unpaired) electrons. The van der Waals surface area contributed by atoms with E-state index in [2.05, 4.69) is 45.3 Å². The summed E-state index contributed by atoms with van der Waals surface area (Å²) in [4.78, 5) is 0. The molecule has 0 saturated heterocycles. The summed E-state index contributed by atoms with van der Waals surface area (Å²) in [7, 11) is 0. The van der Waals surface area contributed by atoms with Crippen molar-refractivity contribution in [3.8, 4) is 11.5 Å². The van der Waals surface area contributed by atoms with Gasteiger partial charge in [0.05, 0.1) is 0 Å². The molecule has 0 aromatic rings. The summed E-state index contributed by atoms with van der Waals surface area (Å²) in [5.41, 5.74) is 3.11. The quantitative estimate of drug-likeness (QED) is 0.399. The Labute approximate surface area is 135 Å². The average molecular weight is 387 g/mol. The van der Waals surface area contributed by atoms with E-state index in [9.17, 15) is 0 Å². The molecule has 0 heterocycles. The minimum absolute atomic E-state index is 0.369. The summed E-state index contributed by atoms with van der Waals surface area (Å²) >= 11 is 0.757. The molecule has 0 aromatic heterocycles. The molecule has 0 spiro atoms. The average Bonchev–Trinajstić information content (AvgIpc) is 2.36. The SMILES string of the molecule is CCCCC(C#C[Si](C)(C)[SnH3])(CCCC)CCCC. The van der Waals surface area contributed by atoms with Gasteiger partial charge in [-0.1, -0.05) is 0 Å². The van der Waals surface area contributed by atoms with E-state index in [1.165, 1.54) is 57.8 Å². The van der Waals surface area contributed by atoms with Crippen LogP contribution < -0.4 is 0 Å². The predicted octanol–water partition coefficient (Wildman–Crippen LogP) is 4.66. The number of hydrogen-bond acceptors (Lipinski definition) is 0. The molecule has 0 N–H and O–H groups in total. The van der Waals surface area contributed by atoms with Gasteiger partial charge in [0.15, 0.2) is 0 Å². The van der Waals surface area contributed by atoms with Gasteiger partial charge in [-0.25, -0.2) is 0 Å².